The van der Waals surface area contributed by atoms with Gasteiger partial charge in [0.25, 0.3) is 0 Å². The van der Waals surface area contributed by atoms with Gasteiger partial charge in [0.2, 0.25) is 0 Å². The maximum atomic E-state index is 10.3. The highest BCUT2D eigenvalue weighted by Gasteiger charge is 2.11. The van der Waals surface area contributed by atoms with E-state index in [-0.39, 0.29) is 10.6 Å². The van der Waals surface area contributed by atoms with E-state index in [1.807, 2.05) is 0 Å². The van der Waals surface area contributed by atoms with Crippen molar-refractivity contribution in [3.8, 4) is 0 Å². The summed E-state index contributed by atoms with van der Waals surface area (Å²) in [4.78, 5) is 2.39. The Bertz CT molecular complexity index is 347. The molecule has 1 rings (SSSR count). The van der Waals surface area contributed by atoms with E-state index in [0.717, 1.165) is 12.4 Å². The van der Waals surface area contributed by atoms with Crippen molar-refractivity contribution in [1.29, 1.82) is 0 Å². The summed E-state index contributed by atoms with van der Waals surface area (Å²) in [6.45, 7) is 0. The summed E-state index contributed by atoms with van der Waals surface area (Å²) in [7, 11) is -5.65. The lowest BCUT2D eigenvalue weighted by molar-refractivity contribution is 0.519. The molecular weight excluding hydrogens is 188 g/mol. The molecule has 0 aliphatic rings. The zero-order chi connectivity index (χ0) is 8.43. The molecule has 0 bridgehead atoms. The van der Waals surface area contributed by atoms with Gasteiger partial charge in [-0.3, -0.25) is 0 Å². The van der Waals surface area contributed by atoms with Crippen molar-refractivity contribution < 1.29 is 18.3 Å². The fourth-order valence-corrected chi connectivity index (χ4v) is 1.99. The van der Waals surface area contributed by atoms with E-state index >= 15 is 0 Å². The van der Waals surface area contributed by atoms with Crippen LogP contribution in [0.3, 0.4) is 0 Å². The van der Waals surface area contributed by atoms with Gasteiger partial charge in [0.1, 0.15) is 10.6 Å². The Hall–Kier alpha value is -0.920. The van der Waals surface area contributed by atoms with Crippen molar-refractivity contribution in [3.05, 3.63) is 12.4 Å². The van der Waals surface area contributed by atoms with Crippen molar-refractivity contribution in [2.45, 2.75) is 0 Å². The van der Waals surface area contributed by atoms with Crippen molar-refractivity contribution in [1.82, 2.24) is 4.98 Å². The first-order valence-corrected chi connectivity index (χ1v) is 4.94. The summed E-state index contributed by atoms with van der Waals surface area (Å²) in [5, 5.41) is -0.368. The lowest BCUT2D eigenvalue weighted by Crippen LogP contribution is -2.07. The Morgan fingerprint density at radius 2 is 1.27 bits per heavy atom. The first kappa shape index (κ1) is 8.18. The Labute approximate surface area is 62.5 Å². The molecule has 1 aromatic rings. The summed E-state index contributed by atoms with van der Waals surface area (Å²) in [6.07, 6.45) is 2.26. The van der Waals surface area contributed by atoms with E-state index in [0.29, 0.717) is 0 Å². The third-order valence-corrected chi connectivity index (χ3v) is 2.80. The molecule has 0 spiro atoms. The van der Waals surface area contributed by atoms with Crippen LogP contribution in [0, 0.1) is 0 Å². The standard InChI is InChI=1S/C4H3NO4P2/c6-10(7)3-1-5-2-4(3)11(8)9/h1-2,5H. The van der Waals surface area contributed by atoms with Crippen LogP contribution in [-0.2, 0) is 18.3 Å². The fourth-order valence-electron chi connectivity index (χ4n) is 0.640. The number of aromatic nitrogens is 1. The monoisotopic (exact) mass is 191 g/mol. The van der Waals surface area contributed by atoms with Gasteiger partial charge in [-0.1, -0.05) is 0 Å². The third-order valence-electron chi connectivity index (χ3n) is 1.10. The molecule has 1 aromatic heterocycles. The van der Waals surface area contributed by atoms with Gasteiger partial charge in [0.05, 0.1) is 0 Å². The minimum absolute atomic E-state index is 0.184. The molecule has 0 aliphatic heterocycles. The van der Waals surface area contributed by atoms with Crippen LogP contribution in [0.15, 0.2) is 12.4 Å². The lowest BCUT2D eigenvalue weighted by Gasteiger charge is -1.76. The van der Waals surface area contributed by atoms with Crippen LogP contribution >= 0.6 is 15.4 Å². The molecule has 0 fully saturated rings. The molecule has 11 heavy (non-hydrogen) atoms. The zero-order valence-corrected chi connectivity index (χ0v) is 6.97. The quantitative estimate of drug-likeness (QED) is 0.694. The van der Waals surface area contributed by atoms with E-state index in [1.54, 1.807) is 0 Å². The molecule has 0 aliphatic carbocycles. The predicted octanol–water partition coefficient (Wildman–Crippen LogP) is 0.611. The first-order chi connectivity index (χ1) is 5.13. The third kappa shape index (κ3) is 1.56. The Balaban J connectivity index is 3.38. The second-order valence-corrected chi connectivity index (χ2v) is 3.73. The van der Waals surface area contributed by atoms with Gasteiger partial charge in [0, 0.05) is 12.4 Å². The molecule has 0 saturated carbocycles. The Morgan fingerprint density at radius 1 is 0.909 bits per heavy atom. The van der Waals surface area contributed by atoms with E-state index in [2.05, 4.69) is 4.98 Å². The highest BCUT2D eigenvalue weighted by atomic mass is 31.1. The summed E-state index contributed by atoms with van der Waals surface area (Å²) >= 11 is 0. The second kappa shape index (κ2) is 2.99. The molecule has 7 heteroatoms. The molecule has 0 radical (unpaired) electrons. The molecule has 58 valence electrons. The molecule has 0 unspecified atom stereocenters. The smallest absolute Gasteiger partial charge is 0.351 e. The topological polar surface area (TPSA) is 84.1 Å². The number of aromatic amines is 1. The summed E-state index contributed by atoms with van der Waals surface area (Å²) in [5.74, 6) is 0. The highest BCUT2D eigenvalue weighted by molar-refractivity contribution is 7.48. The predicted molar refractivity (Wildman–Crippen MR) is 36.6 cm³/mol. The average Bonchev–Trinajstić information content (AvgIpc) is 2.32. The Morgan fingerprint density at radius 3 is 1.55 bits per heavy atom. The van der Waals surface area contributed by atoms with Crippen molar-refractivity contribution in [3.63, 3.8) is 0 Å². The van der Waals surface area contributed by atoms with Crippen molar-refractivity contribution in [2.75, 3.05) is 0 Å². The van der Waals surface area contributed by atoms with Crippen LogP contribution in [0.1, 0.15) is 0 Å². The SMILES string of the molecule is O=P(=O)c1c[nH]cc1P(=O)=O. The van der Waals surface area contributed by atoms with Crippen LogP contribution in [-0.4, -0.2) is 4.98 Å². The van der Waals surface area contributed by atoms with E-state index in [4.69, 9.17) is 0 Å². The highest BCUT2D eigenvalue weighted by Crippen LogP contribution is 2.08. The van der Waals surface area contributed by atoms with Gasteiger partial charge in [0.15, 0.2) is 0 Å². The molecule has 0 saturated heterocycles. The summed E-state index contributed by atoms with van der Waals surface area (Å²) in [6, 6.07) is 0. The van der Waals surface area contributed by atoms with Gasteiger partial charge >= 0.3 is 15.4 Å². The molecule has 0 atom stereocenters. The van der Waals surface area contributed by atoms with Crippen molar-refractivity contribution in [2.24, 2.45) is 0 Å². The second-order valence-electron chi connectivity index (χ2n) is 1.74. The van der Waals surface area contributed by atoms with Crippen LogP contribution in [0.2, 0.25) is 0 Å². The van der Waals surface area contributed by atoms with E-state index in [9.17, 15) is 18.3 Å². The number of nitrogens with one attached hydrogen (secondary N) is 1. The van der Waals surface area contributed by atoms with E-state index < -0.39 is 15.4 Å². The van der Waals surface area contributed by atoms with Crippen molar-refractivity contribution >= 4 is 26.0 Å². The minimum atomic E-state index is -2.83. The van der Waals surface area contributed by atoms with Crippen LogP contribution < -0.4 is 10.6 Å². The molecular formula is C4H3NO4P2. The molecule has 0 aromatic carbocycles. The van der Waals surface area contributed by atoms with Gasteiger partial charge < -0.3 is 4.98 Å². The van der Waals surface area contributed by atoms with E-state index in [1.165, 1.54) is 0 Å². The normalized spacial score (nSPS) is 9.45. The van der Waals surface area contributed by atoms with Gasteiger partial charge in [-0.2, -0.15) is 0 Å². The molecule has 5 nitrogen and oxygen atoms in total. The summed E-state index contributed by atoms with van der Waals surface area (Å²) in [5.41, 5.74) is 0. The molecule has 0 amide bonds. The van der Waals surface area contributed by atoms with Crippen LogP contribution in [0.5, 0.6) is 0 Å². The number of rotatable bonds is 2. The van der Waals surface area contributed by atoms with Gasteiger partial charge in [-0.15, -0.1) is 0 Å². The van der Waals surface area contributed by atoms with Gasteiger partial charge in [-0.05, 0) is 0 Å². The maximum Gasteiger partial charge on any atom is 0.351 e. The van der Waals surface area contributed by atoms with Crippen LogP contribution in [0.4, 0.5) is 0 Å². The minimum Gasteiger partial charge on any atom is -0.366 e. The first-order valence-electron chi connectivity index (χ1n) is 2.58. The van der Waals surface area contributed by atoms with Crippen LogP contribution in [0.25, 0.3) is 0 Å². The number of H-pyrrole nitrogens is 1. The molecule has 1 heterocycles. The fraction of sp³-hybridized carbons (Fsp3) is 0. The van der Waals surface area contributed by atoms with Gasteiger partial charge in [-0.25, -0.2) is 18.3 Å². The Kier molecular flexibility index (Phi) is 2.22. The lowest BCUT2D eigenvalue weighted by atomic mass is 10.7. The average molecular weight is 191 g/mol. The summed E-state index contributed by atoms with van der Waals surface area (Å²) < 4.78 is 41.3. The number of hydrogen-bond donors (Lipinski definition) is 1. The largest absolute Gasteiger partial charge is 0.366 e. The zero-order valence-electron chi connectivity index (χ0n) is 5.18. The molecule has 1 N–H and O–H groups in total. The maximum absolute atomic E-state index is 10.3. The number of hydrogen-bond acceptors (Lipinski definition) is 4.